The number of nitrogens with two attached hydrogens (primary N) is 1. The number of thiophene rings is 1. The van der Waals surface area contributed by atoms with Gasteiger partial charge in [0.05, 0.1) is 12.6 Å². The molecule has 0 bridgehead atoms. The molecule has 3 N–H and O–H groups in total. The van der Waals surface area contributed by atoms with Gasteiger partial charge in [-0.2, -0.15) is 0 Å². The van der Waals surface area contributed by atoms with Gasteiger partial charge in [0.2, 0.25) is 0 Å². The highest BCUT2D eigenvalue weighted by molar-refractivity contribution is 7.10. The molecule has 0 amide bonds. The minimum Gasteiger partial charge on any atom is -0.380 e. The van der Waals surface area contributed by atoms with Gasteiger partial charge in [-0.05, 0) is 30.2 Å². The van der Waals surface area contributed by atoms with Crippen molar-refractivity contribution in [2.75, 3.05) is 26.3 Å². The van der Waals surface area contributed by atoms with Crippen LogP contribution in [0.25, 0.3) is 0 Å². The first kappa shape index (κ1) is 12.0. The van der Waals surface area contributed by atoms with E-state index in [0.717, 1.165) is 32.2 Å². The van der Waals surface area contributed by atoms with Crippen LogP contribution in [0.2, 0.25) is 0 Å². The SMILES string of the molecule is NC(CNCCOCC1CC1)c1cccs1. The summed E-state index contributed by atoms with van der Waals surface area (Å²) >= 11 is 1.72. The topological polar surface area (TPSA) is 47.3 Å². The summed E-state index contributed by atoms with van der Waals surface area (Å²) in [5, 5.41) is 5.39. The Balaban J connectivity index is 1.47. The van der Waals surface area contributed by atoms with Crippen molar-refractivity contribution in [2.45, 2.75) is 18.9 Å². The van der Waals surface area contributed by atoms with E-state index in [1.165, 1.54) is 17.7 Å². The second-order valence-corrected chi connectivity index (χ2v) is 5.32. The zero-order valence-corrected chi connectivity index (χ0v) is 10.3. The molecule has 2 rings (SSSR count). The molecule has 1 aromatic heterocycles. The van der Waals surface area contributed by atoms with Crippen molar-refractivity contribution >= 4 is 11.3 Å². The third-order valence-electron chi connectivity index (χ3n) is 2.75. The Morgan fingerprint density at radius 1 is 1.56 bits per heavy atom. The average Bonchev–Trinajstić information content (AvgIpc) is 2.95. The summed E-state index contributed by atoms with van der Waals surface area (Å²) in [6.45, 7) is 3.46. The Bertz CT molecular complexity index is 285. The molecular formula is C12H20N2OS. The Morgan fingerprint density at radius 2 is 2.44 bits per heavy atom. The fourth-order valence-electron chi connectivity index (χ4n) is 1.54. The van der Waals surface area contributed by atoms with Gasteiger partial charge in [-0.25, -0.2) is 0 Å². The van der Waals surface area contributed by atoms with Crippen LogP contribution in [-0.4, -0.2) is 26.3 Å². The van der Waals surface area contributed by atoms with E-state index in [9.17, 15) is 0 Å². The van der Waals surface area contributed by atoms with Gasteiger partial charge in [-0.1, -0.05) is 6.07 Å². The van der Waals surface area contributed by atoms with Gasteiger partial charge in [-0.3, -0.25) is 0 Å². The summed E-state index contributed by atoms with van der Waals surface area (Å²) in [5.41, 5.74) is 6.02. The molecule has 1 aromatic rings. The molecule has 1 fully saturated rings. The largest absolute Gasteiger partial charge is 0.380 e. The van der Waals surface area contributed by atoms with Crippen LogP contribution in [0.5, 0.6) is 0 Å². The van der Waals surface area contributed by atoms with Crippen LogP contribution in [0.4, 0.5) is 0 Å². The van der Waals surface area contributed by atoms with E-state index in [2.05, 4.69) is 16.8 Å². The van der Waals surface area contributed by atoms with E-state index in [-0.39, 0.29) is 6.04 Å². The maximum atomic E-state index is 6.02. The van der Waals surface area contributed by atoms with E-state index in [1.54, 1.807) is 11.3 Å². The lowest BCUT2D eigenvalue weighted by molar-refractivity contribution is 0.126. The van der Waals surface area contributed by atoms with Gasteiger partial charge in [0.15, 0.2) is 0 Å². The molecule has 1 aliphatic rings. The number of nitrogens with one attached hydrogen (secondary N) is 1. The lowest BCUT2D eigenvalue weighted by Gasteiger charge is -2.11. The third kappa shape index (κ3) is 4.22. The van der Waals surface area contributed by atoms with E-state index < -0.39 is 0 Å². The van der Waals surface area contributed by atoms with Crippen LogP contribution < -0.4 is 11.1 Å². The first-order valence-corrected chi connectivity index (χ1v) is 6.81. The zero-order chi connectivity index (χ0) is 11.2. The van der Waals surface area contributed by atoms with E-state index >= 15 is 0 Å². The standard InChI is InChI=1S/C12H20N2OS/c13-11(12-2-1-7-16-12)8-14-5-6-15-9-10-3-4-10/h1-2,7,10-11,14H,3-6,8-9,13H2. The van der Waals surface area contributed by atoms with Crippen LogP contribution in [-0.2, 0) is 4.74 Å². The summed E-state index contributed by atoms with van der Waals surface area (Å²) in [5.74, 6) is 0.855. The molecular weight excluding hydrogens is 220 g/mol. The lowest BCUT2D eigenvalue weighted by Crippen LogP contribution is -2.29. The molecule has 1 aliphatic carbocycles. The third-order valence-corrected chi connectivity index (χ3v) is 3.75. The smallest absolute Gasteiger partial charge is 0.0591 e. The maximum Gasteiger partial charge on any atom is 0.0591 e. The first-order chi connectivity index (χ1) is 7.86. The second-order valence-electron chi connectivity index (χ2n) is 4.34. The Kier molecular flexibility index (Phi) is 4.78. The van der Waals surface area contributed by atoms with Crippen LogP contribution in [0, 0.1) is 5.92 Å². The highest BCUT2D eigenvalue weighted by atomic mass is 32.1. The molecule has 0 saturated heterocycles. The van der Waals surface area contributed by atoms with Crippen LogP contribution in [0.3, 0.4) is 0 Å². The second kappa shape index (κ2) is 6.35. The van der Waals surface area contributed by atoms with Crippen molar-refractivity contribution in [3.63, 3.8) is 0 Å². The summed E-state index contributed by atoms with van der Waals surface area (Å²) in [7, 11) is 0. The minimum absolute atomic E-state index is 0.114. The molecule has 0 spiro atoms. The molecule has 3 nitrogen and oxygen atoms in total. The maximum absolute atomic E-state index is 6.02. The lowest BCUT2D eigenvalue weighted by atomic mass is 10.2. The molecule has 90 valence electrons. The number of hydrogen-bond acceptors (Lipinski definition) is 4. The number of rotatable bonds is 8. The molecule has 1 heterocycles. The van der Waals surface area contributed by atoms with Crippen LogP contribution in [0.1, 0.15) is 23.8 Å². The Hall–Kier alpha value is -0.420. The fourth-order valence-corrected chi connectivity index (χ4v) is 2.27. The molecule has 0 aromatic carbocycles. The summed E-state index contributed by atoms with van der Waals surface area (Å²) in [6, 6.07) is 4.24. The van der Waals surface area contributed by atoms with Crippen molar-refractivity contribution in [2.24, 2.45) is 11.7 Å². The van der Waals surface area contributed by atoms with Crippen LogP contribution in [0.15, 0.2) is 17.5 Å². The average molecular weight is 240 g/mol. The van der Waals surface area contributed by atoms with Crippen molar-refractivity contribution in [1.29, 1.82) is 0 Å². The normalized spacial score (nSPS) is 17.6. The molecule has 0 aliphatic heterocycles. The van der Waals surface area contributed by atoms with Gasteiger partial charge < -0.3 is 15.8 Å². The van der Waals surface area contributed by atoms with Crippen molar-refractivity contribution in [3.8, 4) is 0 Å². The highest BCUT2D eigenvalue weighted by Gasteiger charge is 2.20. The van der Waals surface area contributed by atoms with Gasteiger partial charge in [0, 0.05) is 24.6 Å². The quantitative estimate of drug-likeness (QED) is 0.681. The van der Waals surface area contributed by atoms with E-state index in [4.69, 9.17) is 10.5 Å². The van der Waals surface area contributed by atoms with Gasteiger partial charge in [0.25, 0.3) is 0 Å². The van der Waals surface area contributed by atoms with Gasteiger partial charge >= 0.3 is 0 Å². The predicted molar refractivity (Wildman–Crippen MR) is 67.7 cm³/mol. The predicted octanol–water partition coefficient (Wildman–Crippen LogP) is 1.76. The number of hydrogen-bond donors (Lipinski definition) is 2. The summed E-state index contributed by atoms with van der Waals surface area (Å²) in [4.78, 5) is 1.24. The van der Waals surface area contributed by atoms with E-state index in [1.807, 2.05) is 6.07 Å². The van der Waals surface area contributed by atoms with Gasteiger partial charge in [-0.15, -0.1) is 11.3 Å². The summed E-state index contributed by atoms with van der Waals surface area (Å²) in [6.07, 6.45) is 2.72. The molecule has 1 atom stereocenters. The van der Waals surface area contributed by atoms with Crippen LogP contribution >= 0.6 is 11.3 Å². The van der Waals surface area contributed by atoms with Crippen molar-refractivity contribution in [1.82, 2.24) is 5.32 Å². The first-order valence-electron chi connectivity index (χ1n) is 5.93. The molecule has 0 radical (unpaired) electrons. The van der Waals surface area contributed by atoms with Crippen molar-refractivity contribution < 1.29 is 4.74 Å². The van der Waals surface area contributed by atoms with Gasteiger partial charge in [0.1, 0.15) is 0 Å². The monoisotopic (exact) mass is 240 g/mol. The Labute approximate surface area is 101 Å². The van der Waals surface area contributed by atoms with E-state index in [0.29, 0.717) is 0 Å². The molecule has 4 heteroatoms. The molecule has 1 unspecified atom stereocenters. The zero-order valence-electron chi connectivity index (χ0n) is 9.52. The molecule has 1 saturated carbocycles. The fraction of sp³-hybridized carbons (Fsp3) is 0.667. The summed E-state index contributed by atoms with van der Waals surface area (Å²) < 4.78 is 5.53. The Morgan fingerprint density at radius 3 is 3.12 bits per heavy atom. The van der Waals surface area contributed by atoms with Crippen molar-refractivity contribution in [3.05, 3.63) is 22.4 Å². The highest BCUT2D eigenvalue weighted by Crippen LogP contribution is 2.28. The minimum atomic E-state index is 0.114. The molecule has 16 heavy (non-hydrogen) atoms. The number of ether oxygens (including phenoxy) is 1.